The third kappa shape index (κ3) is 3.56. The van der Waals surface area contributed by atoms with E-state index in [2.05, 4.69) is 6.07 Å². The van der Waals surface area contributed by atoms with E-state index in [1.807, 2.05) is 50.9 Å². The number of rotatable bonds is 5. The molecule has 0 fully saturated rings. The summed E-state index contributed by atoms with van der Waals surface area (Å²) in [5.74, 6) is 0.656. The quantitative estimate of drug-likeness (QED) is 0.812. The molecule has 0 radical (unpaired) electrons. The number of hydrogen-bond acceptors (Lipinski definition) is 4. The molecule has 0 aliphatic carbocycles. The molecule has 0 heterocycles. The average Bonchev–Trinajstić information content (AvgIpc) is 2.31. The van der Waals surface area contributed by atoms with Crippen molar-refractivity contribution in [3.63, 3.8) is 0 Å². The van der Waals surface area contributed by atoms with Crippen LogP contribution >= 0.6 is 0 Å². The minimum atomic E-state index is -0.0379. The van der Waals surface area contributed by atoms with Crippen LogP contribution in [0.2, 0.25) is 0 Å². The molecule has 0 aliphatic rings. The van der Waals surface area contributed by atoms with Gasteiger partial charge < -0.3 is 15.4 Å². The molecule has 0 spiro atoms. The normalized spacial score (nSPS) is 12.0. The Morgan fingerprint density at radius 1 is 1.39 bits per heavy atom. The summed E-state index contributed by atoms with van der Waals surface area (Å²) in [5, 5.41) is 8.84. The summed E-state index contributed by atoms with van der Waals surface area (Å²) in [6, 6.07) is 7.93. The SMILES string of the molecule is CC(C#N)CN(C)c1cccc(OC(C)C)c1N. The fraction of sp³-hybridized carbons (Fsp3) is 0.500. The van der Waals surface area contributed by atoms with E-state index < -0.39 is 0 Å². The Hall–Kier alpha value is -1.89. The van der Waals surface area contributed by atoms with Crippen LogP contribution in [0.15, 0.2) is 18.2 Å². The molecule has 4 heteroatoms. The van der Waals surface area contributed by atoms with Gasteiger partial charge in [-0.05, 0) is 32.9 Å². The first-order chi connectivity index (χ1) is 8.45. The molecule has 1 aromatic rings. The molecule has 1 rings (SSSR count). The Balaban J connectivity index is 2.93. The van der Waals surface area contributed by atoms with Crippen molar-refractivity contribution < 1.29 is 4.74 Å². The largest absolute Gasteiger partial charge is 0.489 e. The van der Waals surface area contributed by atoms with E-state index in [-0.39, 0.29) is 12.0 Å². The first kappa shape index (κ1) is 14.2. The van der Waals surface area contributed by atoms with Crippen molar-refractivity contribution in [1.29, 1.82) is 5.26 Å². The van der Waals surface area contributed by atoms with Crippen molar-refractivity contribution in [2.45, 2.75) is 26.9 Å². The second-order valence-electron chi connectivity index (χ2n) is 4.77. The highest BCUT2D eigenvalue weighted by molar-refractivity contribution is 5.73. The zero-order chi connectivity index (χ0) is 13.7. The molecule has 0 amide bonds. The lowest BCUT2D eigenvalue weighted by Gasteiger charge is -2.23. The Morgan fingerprint density at radius 3 is 2.61 bits per heavy atom. The van der Waals surface area contributed by atoms with Crippen LogP contribution in [0.1, 0.15) is 20.8 Å². The van der Waals surface area contributed by atoms with Gasteiger partial charge in [-0.25, -0.2) is 0 Å². The number of ether oxygens (including phenoxy) is 1. The zero-order valence-electron chi connectivity index (χ0n) is 11.5. The fourth-order valence-corrected chi connectivity index (χ4v) is 1.77. The zero-order valence-corrected chi connectivity index (χ0v) is 11.5. The molecule has 98 valence electrons. The van der Waals surface area contributed by atoms with E-state index in [9.17, 15) is 0 Å². The number of nitrogens with two attached hydrogens (primary N) is 1. The maximum absolute atomic E-state index is 8.84. The highest BCUT2D eigenvalue weighted by atomic mass is 16.5. The summed E-state index contributed by atoms with van der Waals surface area (Å²) >= 11 is 0. The summed E-state index contributed by atoms with van der Waals surface area (Å²) in [4.78, 5) is 1.98. The van der Waals surface area contributed by atoms with Crippen molar-refractivity contribution in [3.8, 4) is 11.8 Å². The van der Waals surface area contributed by atoms with Gasteiger partial charge in [0.25, 0.3) is 0 Å². The standard InChI is InChI=1S/C14H21N3O/c1-10(2)18-13-7-5-6-12(14(13)16)17(4)9-11(3)8-15/h5-7,10-11H,9,16H2,1-4H3. The maximum Gasteiger partial charge on any atom is 0.144 e. The highest BCUT2D eigenvalue weighted by Crippen LogP contribution is 2.32. The summed E-state index contributed by atoms with van der Waals surface area (Å²) < 4.78 is 5.65. The highest BCUT2D eigenvalue weighted by Gasteiger charge is 2.12. The molecule has 0 aromatic heterocycles. The molecule has 0 aliphatic heterocycles. The van der Waals surface area contributed by atoms with Gasteiger partial charge >= 0.3 is 0 Å². The van der Waals surface area contributed by atoms with Crippen LogP contribution in [0.4, 0.5) is 11.4 Å². The lowest BCUT2D eigenvalue weighted by atomic mass is 10.1. The van der Waals surface area contributed by atoms with Gasteiger partial charge in [0, 0.05) is 13.6 Å². The van der Waals surface area contributed by atoms with E-state index in [1.54, 1.807) is 0 Å². The second-order valence-corrected chi connectivity index (χ2v) is 4.77. The molecular weight excluding hydrogens is 226 g/mol. The predicted octanol–water partition coefficient (Wildman–Crippen LogP) is 2.65. The Bertz CT molecular complexity index is 437. The lowest BCUT2D eigenvalue weighted by Crippen LogP contribution is -2.24. The van der Waals surface area contributed by atoms with Gasteiger partial charge in [0.15, 0.2) is 0 Å². The molecule has 2 N–H and O–H groups in total. The monoisotopic (exact) mass is 247 g/mol. The Morgan fingerprint density at radius 2 is 2.06 bits per heavy atom. The maximum atomic E-state index is 8.84. The number of para-hydroxylation sites is 1. The van der Waals surface area contributed by atoms with Crippen LogP contribution in [0.3, 0.4) is 0 Å². The minimum Gasteiger partial charge on any atom is -0.489 e. The van der Waals surface area contributed by atoms with Gasteiger partial charge in [0.2, 0.25) is 0 Å². The summed E-state index contributed by atoms with van der Waals surface area (Å²) in [6.07, 6.45) is 0.0888. The Kier molecular flexibility index (Phi) is 4.85. The van der Waals surface area contributed by atoms with Crippen LogP contribution in [0, 0.1) is 17.2 Å². The number of nitrogens with zero attached hydrogens (tertiary/aromatic N) is 2. The first-order valence-electron chi connectivity index (χ1n) is 6.11. The molecule has 0 bridgehead atoms. The molecule has 18 heavy (non-hydrogen) atoms. The van der Waals surface area contributed by atoms with Crippen molar-refractivity contribution in [2.24, 2.45) is 5.92 Å². The molecule has 1 unspecified atom stereocenters. The van der Waals surface area contributed by atoms with E-state index in [0.29, 0.717) is 18.0 Å². The first-order valence-corrected chi connectivity index (χ1v) is 6.11. The van der Waals surface area contributed by atoms with Crippen molar-refractivity contribution in [1.82, 2.24) is 0 Å². The van der Waals surface area contributed by atoms with Crippen LogP contribution in [0.25, 0.3) is 0 Å². The van der Waals surface area contributed by atoms with Crippen molar-refractivity contribution >= 4 is 11.4 Å². The van der Waals surface area contributed by atoms with E-state index in [0.717, 1.165) is 5.69 Å². The van der Waals surface area contributed by atoms with Crippen LogP contribution in [0.5, 0.6) is 5.75 Å². The van der Waals surface area contributed by atoms with Gasteiger partial charge in [0.1, 0.15) is 5.75 Å². The predicted molar refractivity (Wildman–Crippen MR) is 74.7 cm³/mol. The van der Waals surface area contributed by atoms with Gasteiger partial charge in [-0.1, -0.05) is 6.07 Å². The van der Waals surface area contributed by atoms with Gasteiger partial charge in [-0.3, -0.25) is 0 Å². The van der Waals surface area contributed by atoms with E-state index in [4.69, 9.17) is 15.7 Å². The molecule has 0 saturated heterocycles. The summed E-state index contributed by atoms with van der Waals surface area (Å²) in [7, 11) is 1.93. The van der Waals surface area contributed by atoms with Gasteiger partial charge in [0.05, 0.1) is 29.5 Å². The van der Waals surface area contributed by atoms with Gasteiger partial charge in [-0.15, -0.1) is 0 Å². The third-order valence-corrected chi connectivity index (χ3v) is 2.59. The topological polar surface area (TPSA) is 62.3 Å². The number of benzene rings is 1. The molecule has 4 nitrogen and oxygen atoms in total. The van der Waals surface area contributed by atoms with E-state index >= 15 is 0 Å². The number of anilines is 2. The smallest absolute Gasteiger partial charge is 0.144 e. The molecule has 0 saturated carbocycles. The number of hydrogen-bond donors (Lipinski definition) is 1. The summed E-state index contributed by atoms with van der Waals surface area (Å²) in [5.41, 5.74) is 7.62. The number of nitriles is 1. The van der Waals surface area contributed by atoms with Crippen LogP contribution in [-0.4, -0.2) is 19.7 Å². The van der Waals surface area contributed by atoms with Crippen LogP contribution in [-0.2, 0) is 0 Å². The average molecular weight is 247 g/mol. The van der Waals surface area contributed by atoms with E-state index in [1.165, 1.54) is 0 Å². The summed E-state index contributed by atoms with van der Waals surface area (Å²) in [6.45, 7) is 6.47. The lowest BCUT2D eigenvalue weighted by molar-refractivity contribution is 0.244. The van der Waals surface area contributed by atoms with Crippen LogP contribution < -0.4 is 15.4 Å². The number of nitrogen functional groups attached to an aromatic ring is 1. The molecule has 1 aromatic carbocycles. The minimum absolute atomic E-state index is 0.0379. The van der Waals surface area contributed by atoms with Crippen molar-refractivity contribution in [2.75, 3.05) is 24.2 Å². The molecular formula is C14H21N3O. The molecule has 1 atom stereocenters. The van der Waals surface area contributed by atoms with Crippen molar-refractivity contribution in [3.05, 3.63) is 18.2 Å². The van der Waals surface area contributed by atoms with Gasteiger partial charge in [-0.2, -0.15) is 5.26 Å². The fourth-order valence-electron chi connectivity index (χ4n) is 1.77. The second kappa shape index (κ2) is 6.15. The third-order valence-electron chi connectivity index (χ3n) is 2.59. The Labute approximate surface area is 109 Å².